The van der Waals surface area contributed by atoms with Crippen LogP contribution >= 0.6 is 0 Å². The second kappa shape index (κ2) is 6.92. The van der Waals surface area contributed by atoms with Crippen molar-refractivity contribution >= 4 is 11.6 Å². The number of aromatic nitrogens is 2. The van der Waals surface area contributed by atoms with Gasteiger partial charge in [0.2, 0.25) is 0 Å². The van der Waals surface area contributed by atoms with Crippen LogP contribution in [0.3, 0.4) is 0 Å². The van der Waals surface area contributed by atoms with Crippen LogP contribution in [-0.4, -0.2) is 15.7 Å². The lowest BCUT2D eigenvalue weighted by Gasteiger charge is -2.10. The van der Waals surface area contributed by atoms with E-state index in [4.69, 9.17) is 5.73 Å². The molecule has 112 valence electrons. The van der Waals surface area contributed by atoms with E-state index in [1.165, 1.54) is 5.56 Å². The van der Waals surface area contributed by atoms with Gasteiger partial charge in [0.1, 0.15) is 0 Å². The Kier molecular flexibility index (Phi) is 4.98. The molecule has 21 heavy (non-hydrogen) atoms. The first-order valence-electron chi connectivity index (χ1n) is 7.24. The van der Waals surface area contributed by atoms with Gasteiger partial charge in [-0.3, -0.25) is 4.68 Å². The molecule has 0 aliphatic carbocycles. The normalized spacial score (nSPS) is 13.2. The Morgan fingerprint density at radius 2 is 2.05 bits per heavy atom. The number of guanidine groups is 1. The summed E-state index contributed by atoms with van der Waals surface area (Å²) < 4.78 is 1.79. The van der Waals surface area contributed by atoms with Crippen molar-refractivity contribution < 1.29 is 0 Å². The minimum Gasteiger partial charge on any atom is -0.370 e. The minimum atomic E-state index is 0.410. The van der Waals surface area contributed by atoms with Gasteiger partial charge >= 0.3 is 0 Å². The fraction of sp³-hybridized carbons (Fsp3) is 0.375. The van der Waals surface area contributed by atoms with Crippen LogP contribution in [0.15, 0.2) is 41.5 Å². The van der Waals surface area contributed by atoms with Crippen LogP contribution in [-0.2, 0) is 13.6 Å². The molecule has 0 aliphatic rings. The Morgan fingerprint density at radius 1 is 1.33 bits per heavy atom. The molecule has 1 heterocycles. The first-order chi connectivity index (χ1) is 10.1. The summed E-state index contributed by atoms with van der Waals surface area (Å²) in [6.07, 6.45) is 2.89. The van der Waals surface area contributed by atoms with Crippen LogP contribution in [0.1, 0.15) is 37.4 Å². The Labute approximate surface area is 125 Å². The smallest absolute Gasteiger partial charge is 0.193 e. The third kappa shape index (κ3) is 4.08. The van der Waals surface area contributed by atoms with E-state index in [0.717, 1.165) is 17.8 Å². The summed E-state index contributed by atoms with van der Waals surface area (Å²) in [5.74, 6) is 0.988. The third-order valence-electron chi connectivity index (χ3n) is 3.70. The topological polar surface area (TPSA) is 68.2 Å². The predicted molar refractivity (Wildman–Crippen MR) is 87.3 cm³/mol. The zero-order valence-corrected chi connectivity index (χ0v) is 12.9. The summed E-state index contributed by atoms with van der Waals surface area (Å²) in [6, 6.07) is 10.3. The second-order valence-corrected chi connectivity index (χ2v) is 5.20. The van der Waals surface area contributed by atoms with Crippen molar-refractivity contribution in [3.63, 3.8) is 0 Å². The van der Waals surface area contributed by atoms with Gasteiger partial charge in [-0.1, -0.05) is 26.0 Å². The third-order valence-corrected chi connectivity index (χ3v) is 3.70. The summed E-state index contributed by atoms with van der Waals surface area (Å²) in [6.45, 7) is 4.94. The van der Waals surface area contributed by atoms with Crippen molar-refractivity contribution in [2.24, 2.45) is 17.8 Å². The number of nitrogens with two attached hydrogens (primary N) is 1. The van der Waals surface area contributed by atoms with E-state index < -0.39 is 0 Å². The van der Waals surface area contributed by atoms with E-state index in [9.17, 15) is 0 Å². The summed E-state index contributed by atoms with van der Waals surface area (Å²) in [7, 11) is 1.89. The van der Waals surface area contributed by atoms with Gasteiger partial charge in [-0.25, -0.2) is 4.99 Å². The average Bonchev–Trinajstić information content (AvgIpc) is 2.90. The fourth-order valence-corrected chi connectivity index (χ4v) is 2.04. The second-order valence-electron chi connectivity index (χ2n) is 5.20. The molecule has 0 bridgehead atoms. The molecule has 0 radical (unpaired) electrons. The van der Waals surface area contributed by atoms with Gasteiger partial charge in [0.15, 0.2) is 5.96 Å². The van der Waals surface area contributed by atoms with Gasteiger partial charge in [-0.05, 0) is 36.1 Å². The van der Waals surface area contributed by atoms with E-state index in [1.54, 1.807) is 10.9 Å². The van der Waals surface area contributed by atoms with Gasteiger partial charge in [0.25, 0.3) is 0 Å². The molecule has 0 aliphatic heterocycles. The standard InChI is InChI=1S/C16H23N5/c1-4-12(2)13-5-7-14(8-6-13)20-16(17)18-11-15-9-10-19-21(15)3/h5-10,12H,4,11H2,1-3H3,(H3,17,18,20). The molecule has 1 aromatic carbocycles. The molecular weight excluding hydrogens is 262 g/mol. The first-order valence-corrected chi connectivity index (χ1v) is 7.24. The number of nitrogens with one attached hydrogen (secondary N) is 1. The van der Waals surface area contributed by atoms with Crippen molar-refractivity contribution in [2.45, 2.75) is 32.7 Å². The summed E-state index contributed by atoms with van der Waals surface area (Å²) in [5.41, 5.74) is 9.22. The Bertz CT molecular complexity index is 597. The lowest BCUT2D eigenvalue weighted by atomic mass is 9.99. The molecular formula is C16H23N5. The van der Waals surface area contributed by atoms with Gasteiger partial charge in [0.05, 0.1) is 12.2 Å². The number of benzene rings is 1. The number of hydrogen-bond acceptors (Lipinski definition) is 2. The Hall–Kier alpha value is -2.30. The lowest BCUT2D eigenvalue weighted by Crippen LogP contribution is -2.22. The maximum atomic E-state index is 5.91. The van der Waals surface area contributed by atoms with Crippen LogP contribution < -0.4 is 11.1 Å². The molecule has 0 saturated carbocycles. The number of anilines is 1. The molecule has 5 heteroatoms. The monoisotopic (exact) mass is 285 g/mol. The highest BCUT2D eigenvalue weighted by Crippen LogP contribution is 2.20. The number of aryl methyl sites for hydroxylation is 1. The summed E-state index contributed by atoms with van der Waals surface area (Å²) >= 11 is 0. The average molecular weight is 285 g/mol. The van der Waals surface area contributed by atoms with Crippen molar-refractivity contribution in [3.05, 3.63) is 47.8 Å². The maximum absolute atomic E-state index is 5.91. The molecule has 1 unspecified atom stereocenters. The maximum Gasteiger partial charge on any atom is 0.193 e. The molecule has 3 N–H and O–H groups in total. The van der Waals surface area contributed by atoms with E-state index in [1.807, 2.05) is 25.2 Å². The van der Waals surface area contributed by atoms with Crippen LogP contribution in [0.4, 0.5) is 5.69 Å². The highest BCUT2D eigenvalue weighted by molar-refractivity contribution is 5.92. The number of nitrogens with zero attached hydrogens (tertiary/aromatic N) is 3. The number of aliphatic imine (C=N–C) groups is 1. The van der Waals surface area contributed by atoms with Gasteiger partial charge in [-0.2, -0.15) is 5.10 Å². The molecule has 2 aromatic rings. The number of hydrogen-bond donors (Lipinski definition) is 2. The molecule has 1 atom stereocenters. The van der Waals surface area contributed by atoms with Gasteiger partial charge in [-0.15, -0.1) is 0 Å². The first kappa shape index (κ1) is 15.1. The zero-order valence-electron chi connectivity index (χ0n) is 12.9. The van der Waals surface area contributed by atoms with E-state index in [2.05, 4.69) is 41.4 Å². The largest absolute Gasteiger partial charge is 0.370 e. The summed E-state index contributed by atoms with van der Waals surface area (Å²) in [5, 5.41) is 7.21. The summed E-state index contributed by atoms with van der Waals surface area (Å²) in [4.78, 5) is 4.32. The lowest BCUT2D eigenvalue weighted by molar-refractivity contribution is 0.712. The Morgan fingerprint density at radius 3 is 2.62 bits per heavy atom. The SMILES string of the molecule is CCC(C)c1ccc(NC(N)=NCc2ccnn2C)cc1. The Balaban J connectivity index is 1.96. The van der Waals surface area contributed by atoms with Gasteiger partial charge in [0, 0.05) is 18.9 Å². The van der Waals surface area contributed by atoms with E-state index in [-0.39, 0.29) is 0 Å². The van der Waals surface area contributed by atoms with Gasteiger partial charge < -0.3 is 11.1 Å². The van der Waals surface area contributed by atoms with Crippen LogP contribution in [0.2, 0.25) is 0 Å². The van der Waals surface area contributed by atoms with Crippen molar-refractivity contribution in [3.8, 4) is 0 Å². The van der Waals surface area contributed by atoms with Crippen molar-refractivity contribution in [2.75, 3.05) is 5.32 Å². The highest BCUT2D eigenvalue weighted by Gasteiger charge is 2.03. The molecule has 5 nitrogen and oxygen atoms in total. The fourth-order valence-electron chi connectivity index (χ4n) is 2.04. The van der Waals surface area contributed by atoms with Crippen molar-refractivity contribution in [1.82, 2.24) is 9.78 Å². The molecule has 0 fully saturated rings. The molecule has 0 amide bonds. The zero-order chi connectivity index (χ0) is 15.2. The number of rotatable bonds is 5. The molecule has 2 rings (SSSR count). The van der Waals surface area contributed by atoms with E-state index in [0.29, 0.717) is 18.4 Å². The van der Waals surface area contributed by atoms with Crippen LogP contribution in [0.25, 0.3) is 0 Å². The molecule has 0 spiro atoms. The highest BCUT2D eigenvalue weighted by atomic mass is 15.3. The molecule has 0 saturated heterocycles. The quantitative estimate of drug-likeness (QED) is 0.655. The minimum absolute atomic E-state index is 0.410. The van der Waals surface area contributed by atoms with Crippen LogP contribution in [0, 0.1) is 0 Å². The van der Waals surface area contributed by atoms with Crippen molar-refractivity contribution in [1.29, 1.82) is 0 Å². The predicted octanol–water partition coefficient (Wildman–Crippen LogP) is 2.86. The van der Waals surface area contributed by atoms with E-state index >= 15 is 0 Å². The molecule has 1 aromatic heterocycles. The van der Waals surface area contributed by atoms with Crippen LogP contribution in [0.5, 0.6) is 0 Å².